The molecule has 0 radical (unpaired) electrons. The average Bonchev–Trinajstić information content (AvgIpc) is 3.48. The average molecular weight is 396 g/mol. The predicted molar refractivity (Wildman–Crippen MR) is 115 cm³/mol. The Balaban J connectivity index is 1.53. The Bertz CT molecular complexity index is 988. The minimum Gasteiger partial charge on any atom is -0.394 e. The summed E-state index contributed by atoms with van der Waals surface area (Å²) < 4.78 is 2.09. The first-order chi connectivity index (χ1) is 13.8. The molecular formula is C21H25N5OS. The van der Waals surface area contributed by atoms with Crippen molar-refractivity contribution in [2.45, 2.75) is 44.3 Å². The van der Waals surface area contributed by atoms with Crippen molar-refractivity contribution in [1.29, 1.82) is 0 Å². The largest absolute Gasteiger partial charge is 0.394 e. The lowest BCUT2D eigenvalue weighted by molar-refractivity contribution is 0.277. The number of rotatable bonds is 6. The van der Waals surface area contributed by atoms with Gasteiger partial charge in [-0.05, 0) is 36.6 Å². The van der Waals surface area contributed by atoms with Crippen LogP contribution in [0.25, 0.3) is 10.9 Å². The summed E-state index contributed by atoms with van der Waals surface area (Å²) in [6.45, 7) is 0.915. The molecule has 0 bridgehead atoms. The Morgan fingerprint density at radius 2 is 2.14 bits per heavy atom. The van der Waals surface area contributed by atoms with Crippen LogP contribution in [-0.4, -0.2) is 49.1 Å². The standard InChI is InChI=1S/C21H25N5OS/c27-11-17-12-28-21(24-17)19-9-15-7-14(10-26-6-5-22-13-26)8-18(20(15)25-19)23-16-3-1-2-4-16/h5-9,13,16-17,23,25,27H,1-4,10-12H2/t17-/m1/s1. The van der Waals surface area contributed by atoms with E-state index >= 15 is 0 Å². The van der Waals surface area contributed by atoms with Crippen LogP contribution in [0.4, 0.5) is 5.69 Å². The number of anilines is 1. The zero-order chi connectivity index (χ0) is 18.9. The maximum absolute atomic E-state index is 9.38. The fourth-order valence-electron chi connectivity index (χ4n) is 4.16. The molecule has 1 saturated carbocycles. The van der Waals surface area contributed by atoms with Crippen molar-refractivity contribution in [2.24, 2.45) is 4.99 Å². The van der Waals surface area contributed by atoms with E-state index in [9.17, 15) is 5.11 Å². The maximum atomic E-state index is 9.38. The van der Waals surface area contributed by atoms with Crippen molar-refractivity contribution in [3.05, 3.63) is 48.2 Å². The van der Waals surface area contributed by atoms with Crippen LogP contribution in [0.5, 0.6) is 0 Å². The molecule has 0 amide bonds. The number of hydrogen-bond donors (Lipinski definition) is 3. The fourth-order valence-corrected chi connectivity index (χ4v) is 5.18. The molecule has 1 fully saturated rings. The zero-order valence-electron chi connectivity index (χ0n) is 15.8. The number of thioether (sulfide) groups is 1. The van der Waals surface area contributed by atoms with Crippen LogP contribution in [0.15, 0.2) is 41.9 Å². The van der Waals surface area contributed by atoms with E-state index < -0.39 is 0 Å². The summed E-state index contributed by atoms with van der Waals surface area (Å²) in [5.74, 6) is 0.847. The lowest BCUT2D eigenvalue weighted by Crippen LogP contribution is -2.15. The SMILES string of the molecule is OC[C@@H]1CSC(c2cc3cc(Cn4ccnc4)cc(NC4CCCC4)c3[nH]2)=N1. The third-order valence-corrected chi connectivity index (χ3v) is 6.73. The highest BCUT2D eigenvalue weighted by Gasteiger charge is 2.22. The molecule has 0 unspecified atom stereocenters. The van der Waals surface area contributed by atoms with Crippen LogP contribution in [0.3, 0.4) is 0 Å². The maximum Gasteiger partial charge on any atom is 0.115 e. The van der Waals surface area contributed by atoms with Gasteiger partial charge in [-0.2, -0.15) is 0 Å². The number of aliphatic hydroxyl groups is 1. The first kappa shape index (κ1) is 17.8. The highest BCUT2D eigenvalue weighted by molar-refractivity contribution is 8.14. The van der Waals surface area contributed by atoms with Crippen LogP contribution < -0.4 is 5.32 Å². The molecule has 0 spiro atoms. The van der Waals surface area contributed by atoms with Gasteiger partial charge in [0.05, 0.1) is 35.9 Å². The van der Waals surface area contributed by atoms with E-state index in [4.69, 9.17) is 0 Å². The molecule has 28 heavy (non-hydrogen) atoms. The minimum atomic E-state index is 0.0132. The predicted octanol–water partition coefficient (Wildman–Crippen LogP) is 3.62. The van der Waals surface area contributed by atoms with E-state index in [-0.39, 0.29) is 12.6 Å². The van der Waals surface area contributed by atoms with Crippen LogP contribution in [0.2, 0.25) is 0 Å². The normalized spacial score (nSPS) is 20.2. The van der Waals surface area contributed by atoms with Crippen LogP contribution in [0, 0.1) is 0 Å². The molecule has 1 aliphatic carbocycles. The van der Waals surface area contributed by atoms with Crippen molar-refractivity contribution in [3.63, 3.8) is 0 Å². The van der Waals surface area contributed by atoms with Crippen LogP contribution in [0.1, 0.15) is 36.9 Å². The lowest BCUT2D eigenvalue weighted by atomic mass is 10.1. The summed E-state index contributed by atoms with van der Waals surface area (Å²) in [6, 6.07) is 7.27. The molecule has 1 aliphatic heterocycles. The fraction of sp³-hybridized carbons (Fsp3) is 0.429. The summed E-state index contributed by atoms with van der Waals surface area (Å²) in [4.78, 5) is 12.4. The van der Waals surface area contributed by atoms with Crippen molar-refractivity contribution in [1.82, 2.24) is 14.5 Å². The molecule has 1 atom stereocenters. The Kier molecular flexibility index (Phi) is 4.86. The molecule has 3 heterocycles. The second-order valence-corrected chi connectivity index (χ2v) is 8.74. The quantitative estimate of drug-likeness (QED) is 0.596. The first-order valence-corrected chi connectivity index (χ1v) is 11.0. The number of H-pyrrole nitrogens is 1. The van der Waals surface area contributed by atoms with Gasteiger partial charge in [0.2, 0.25) is 0 Å². The van der Waals surface area contributed by atoms with Gasteiger partial charge in [0.15, 0.2) is 0 Å². The van der Waals surface area contributed by atoms with E-state index in [1.54, 1.807) is 11.8 Å². The number of imidazole rings is 1. The minimum absolute atomic E-state index is 0.0132. The summed E-state index contributed by atoms with van der Waals surface area (Å²) >= 11 is 1.72. The van der Waals surface area contributed by atoms with Gasteiger partial charge in [0, 0.05) is 36.1 Å². The summed E-state index contributed by atoms with van der Waals surface area (Å²) in [5.41, 5.74) is 4.62. The molecule has 0 saturated heterocycles. The van der Waals surface area contributed by atoms with Crippen LogP contribution >= 0.6 is 11.8 Å². The Labute approximate surface area is 168 Å². The number of nitrogens with zero attached hydrogens (tertiary/aromatic N) is 3. The van der Waals surface area contributed by atoms with Crippen LogP contribution in [-0.2, 0) is 6.54 Å². The van der Waals surface area contributed by atoms with Crippen molar-refractivity contribution < 1.29 is 5.11 Å². The molecular weight excluding hydrogens is 370 g/mol. The number of hydrogen-bond acceptors (Lipinski definition) is 5. The summed E-state index contributed by atoms with van der Waals surface area (Å²) in [7, 11) is 0. The monoisotopic (exact) mass is 395 g/mol. The van der Waals surface area contributed by atoms with E-state index in [2.05, 4.69) is 43.0 Å². The highest BCUT2D eigenvalue weighted by Crippen LogP contribution is 2.32. The Morgan fingerprint density at radius 3 is 2.89 bits per heavy atom. The number of aliphatic imine (C=N–C) groups is 1. The van der Waals surface area contributed by atoms with Crippen molar-refractivity contribution >= 4 is 33.4 Å². The van der Waals surface area contributed by atoms with Gasteiger partial charge in [-0.3, -0.25) is 4.99 Å². The van der Waals surface area contributed by atoms with E-state index in [0.29, 0.717) is 6.04 Å². The molecule has 3 aromatic rings. The van der Waals surface area contributed by atoms with Gasteiger partial charge in [0.25, 0.3) is 0 Å². The van der Waals surface area contributed by atoms with Gasteiger partial charge in [-0.25, -0.2) is 4.98 Å². The number of aromatic nitrogens is 3. The van der Waals surface area contributed by atoms with Gasteiger partial charge < -0.3 is 20.0 Å². The highest BCUT2D eigenvalue weighted by atomic mass is 32.2. The first-order valence-electron chi connectivity index (χ1n) is 9.98. The second-order valence-electron chi connectivity index (χ2n) is 7.73. The molecule has 6 nitrogen and oxygen atoms in total. The number of aromatic amines is 1. The number of fused-ring (bicyclic) bond motifs is 1. The molecule has 2 aromatic heterocycles. The lowest BCUT2D eigenvalue weighted by Gasteiger charge is -2.16. The van der Waals surface area contributed by atoms with Crippen molar-refractivity contribution in [3.8, 4) is 0 Å². The topological polar surface area (TPSA) is 78.2 Å². The van der Waals surface area contributed by atoms with Gasteiger partial charge in [-0.1, -0.05) is 12.8 Å². The van der Waals surface area contributed by atoms with Crippen molar-refractivity contribution in [2.75, 3.05) is 17.7 Å². The second kappa shape index (κ2) is 7.64. The molecule has 3 N–H and O–H groups in total. The van der Waals surface area contributed by atoms with Gasteiger partial charge >= 0.3 is 0 Å². The third kappa shape index (κ3) is 3.56. The van der Waals surface area contributed by atoms with E-state index in [1.165, 1.54) is 42.3 Å². The number of nitrogens with one attached hydrogen (secondary N) is 2. The number of benzene rings is 1. The van der Waals surface area contributed by atoms with Gasteiger partial charge in [-0.15, -0.1) is 11.8 Å². The molecule has 2 aliphatic rings. The summed E-state index contributed by atoms with van der Waals surface area (Å²) in [5, 5.41) is 15.4. The summed E-state index contributed by atoms with van der Waals surface area (Å²) in [6.07, 6.45) is 10.8. The molecule has 7 heteroatoms. The molecule has 5 rings (SSSR count). The molecule has 1 aromatic carbocycles. The number of aliphatic hydroxyl groups excluding tert-OH is 1. The van der Waals surface area contributed by atoms with E-state index in [0.717, 1.165) is 28.6 Å². The molecule has 146 valence electrons. The Morgan fingerprint density at radius 1 is 1.25 bits per heavy atom. The van der Waals surface area contributed by atoms with Gasteiger partial charge in [0.1, 0.15) is 5.04 Å². The third-order valence-electron chi connectivity index (χ3n) is 5.58. The zero-order valence-corrected chi connectivity index (χ0v) is 16.6. The van der Waals surface area contributed by atoms with E-state index in [1.807, 2.05) is 18.7 Å². The smallest absolute Gasteiger partial charge is 0.115 e. The Hall–Kier alpha value is -2.25.